The van der Waals surface area contributed by atoms with Crippen LogP contribution in [0.3, 0.4) is 0 Å². The number of carboxylic acid groups (broad SMARTS) is 1. The number of rotatable bonds is 4. The molecule has 0 unspecified atom stereocenters. The largest absolute Gasteiger partial charge is 0.477 e. The lowest BCUT2D eigenvalue weighted by Gasteiger charge is -2.03. The molecule has 0 radical (unpaired) electrons. The van der Waals surface area contributed by atoms with Gasteiger partial charge in [0.1, 0.15) is 5.69 Å². The molecule has 2 heterocycles. The van der Waals surface area contributed by atoms with Crippen LogP contribution in [-0.2, 0) is 6.54 Å². The Bertz CT molecular complexity index is 554. The Hall–Kier alpha value is -1.88. The summed E-state index contributed by atoms with van der Waals surface area (Å²) in [4.78, 5) is 22.3. The summed E-state index contributed by atoms with van der Waals surface area (Å²) in [5.74, 6) is -1.15. The molecule has 0 bridgehead atoms. The summed E-state index contributed by atoms with van der Waals surface area (Å²) >= 11 is 1.56. The standard InChI is InChI=1S/C12H11NO3S/c1-8(14)10-4-11(12(15)16)13(6-10)5-9-2-3-17-7-9/h2-4,6-7H,5H2,1H3,(H,15,16). The van der Waals surface area contributed by atoms with Crippen molar-refractivity contribution in [2.75, 3.05) is 0 Å². The third-order valence-corrected chi connectivity index (χ3v) is 3.19. The number of thiophene rings is 1. The minimum absolute atomic E-state index is 0.128. The summed E-state index contributed by atoms with van der Waals surface area (Å²) < 4.78 is 1.58. The molecule has 2 rings (SSSR count). The summed E-state index contributed by atoms with van der Waals surface area (Å²) in [6, 6.07) is 3.35. The topological polar surface area (TPSA) is 59.3 Å². The molecule has 0 saturated heterocycles. The van der Waals surface area contributed by atoms with E-state index in [1.807, 2.05) is 16.8 Å². The van der Waals surface area contributed by atoms with Crippen molar-refractivity contribution in [3.05, 3.63) is 45.9 Å². The Morgan fingerprint density at radius 2 is 2.24 bits per heavy atom. The molecule has 0 amide bonds. The van der Waals surface area contributed by atoms with Crippen molar-refractivity contribution in [3.63, 3.8) is 0 Å². The second kappa shape index (κ2) is 4.55. The number of aromatic carboxylic acids is 1. The molecule has 0 aliphatic carbocycles. The van der Waals surface area contributed by atoms with E-state index in [0.29, 0.717) is 12.1 Å². The lowest BCUT2D eigenvalue weighted by atomic mass is 10.2. The van der Waals surface area contributed by atoms with E-state index in [9.17, 15) is 9.59 Å². The van der Waals surface area contributed by atoms with E-state index in [1.54, 1.807) is 22.1 Å². The first-order valence-corrected chi connectivity index (χ1v) is 5.97. The molecular weight excluding hydrogens is 238 g/mol. The summed E-state index contributed by atoms with van der Waals surface area (Å²) in [6.07, 6.45) is 1.59. The second-order valence-corrected chi connectivity index (χ2v) is 4.51. The molecule has 0 aliphatic heterocycles. The van der Waals surface area contributed by atoms with Gasteiger partial charge in [-0.3, -0.25) is 4.79 Å². The maximum Gasteiger partial charge on any atom is 0.352 e. The van der Waals surface area contributed by atoms with Crippen molar-refractivity contribution in [2.45, 2.75) is 13.5 Å². The van der Waals surface area contributed by atoms with Gasteiger partial charge in [0, 0.05) is 18.3 Å². The number of carboxylic acids is 1. The molecule has 0 aromatic carbocycles. The number of hydrogen-bond donors (Lipinski definition) is 1. The van der Waals surface area contributed by atoms with Crippen molar-refractivity contribution in [1.29, 1.82) is 0 Å². The SMILES string of the molecule is CC(=O)c1cc(C(=O)O)n(Cc2ccsc2)c1. The van der Waals surface area contributed by atoms with Crippen LogP contribution in [0.25, 0.3) is 0 Å². The number of carbonyl (C=O) groups is 2. The predicted octanol–water partition coefficient (Wildman–Crippen LogP) is 2.50. The Morgan fingerprint density at radius 1 is 1.47 bits per heavy atom. The molecule has 17 heavy (non-hydrogen) atoms. The molecule has 1 N–H and O–H groups in total. The van der Waals surface area contributed by atoms with E-state index < -0.39 is 5.97 Å². The number of hydrogen-bond acceptors (Lipinski definition) is 3. The molecular formula is C12H11NO3S. The third-order valence-electron chi connectivity index (χ3n) is 2.46. The molecule has 2 aromatic rings. The highest BCUT2D eigenvalue weighted by Crippen LogP contribution is 2.14. The normalized spacial score (nSPS) is 10.4. The highest BCUT2D eigenvalue weighted by Gasteiger charge is 2.14. The van der Waals surface area contributed by atoms with Crippen LogP contribution in [0.4, 0.5) is 0 Å². The minimum Gasteiger partial charge on any atom is -0.477 e. The van der Waals surface area contributed by atoms with Gasteiger partial charge in [0.2, 0.25) is 0 Å². The van der Waals surface area contributed by atoms with Gasteiger partial charge in [0.15, 0.2) is 5.78 Å². The number of aromatic nitrogens is 1. The number of ketones is 1. The highest BCUT2D eigenvalue weighted by molar-refractivity contribution is 7.07. The van der Waals surface area contributed by atoms with Gasteiger partial charge in [0.05, 0.1) is 0 Å². The number of nitrogens with zero attached hydrogens (tertiary/aromatic N) is 1. The van der Waals surface area contributed by atoms with Crippen molar-refractivity contribution < 1.29 is 14.7 Å². The maximum absolute atomic E-state index is 11.2. The fourth-order valence-corrected chi connectivity index (χ4v) is 2.25. The average Bonchev–Trinajstić information content (AvgIpc) is 2.87. The smallest absolute Gasteiger partial charge is 0.352 e. The van der Waals surface area contributed by atoms with E-state index in [4.69, 9.17) is 5.11 Å². The Labute approximate surface area is 102 Å². The van der Waals surface area contributed by atoms with Gasteiger partial charge in [-0.1, -0.05) is 0 Å². The van der Waals surface area contributed by atoms with Crippen LogP contribution < -0.4 is 0 Å². The van der Waals surface area contributed by atoms with E-state index in [1.165, 1.54) is 13.0 Å². The summed E-state index contributed by atoms with van der Waals surface area (Å²) in [6.45, 7) is 1.90. The molecule has 0 aliphatic rings. The summed E-state index contributed by atoms with van der Waals surface area (Å²) in [5, 5.41) is 13.0. The molecule has 0 atom stereocenters. The second-order valence-electron chi connectivity index (χ2n) is 3.73. The van der Waals surface area contributed by atoms with E-state index in [0.717, 1.165) is 5.56 Å². The Morgan fingerprint density at radius 3 is 2.76 bits per heavy atom. The zero-order valence-corrected chi connectivity index (χ0v) is 10.0. The van der Waals surface area contributed by atoms with Gasteiger partial charge in [0.25, 0.3) is 0 Å². The van der Waals surface area contributed by atoms with Gasteiger partial charge in [-0.2, -0.15) is 11.3 Å². The fraction of sp³-hybridized carbons (Fsp3) is 0.167. The Kier molecular flexibility index (Phi) is 3.10. The van der Waals surface area contributed by atoms with Gasteiger partial charge in [-0.15, -0.1) is 0 Å². The molecule has 0 fully saturated rings. The van der Waals surface area contributed by atoms with Crippen LogP contribution in [0.5, 0.6) is 0 Å². The molecule has 0 saturated carbocycles. The van der Waals surface area contributed by atoms with Crippen LogP contribution in [0.1, 0.15) is 33.3 Å². The fourth-order valence-electron chi connectivity index (χ4n) is 1.59. The van der Waals surface area contributed by atoms with Crippen LogP contribution in [-0.4, -0.2) is 21.4 Å². The quantitative estimate of drug-likeness (QED) is 0.847. The minimum atomic E-state index is -1.02. The number of Topliss-reactive ketones (excluding diaryl/α,β-unsaturated/α-hetero) is 1. The van der Waals surface area contributed by atoms with E-state index in [2.05, 4.69) is 0 Å². The van der Waals surface area contributed by atoms with Gasteiger partial charge in [-0.25, -0.2) is 4.79 Å². The lowest BCUT2D eigenvalue weighted by Crippen LogP contribution is -2.07. The molecule has 4 nitrogen and oxygen atoms in total. The predicted molar refractivity (Wildman–Crippen MR) is 64.8 cm³/mol. The lowest BCUT2D eigenvalue weighted by molar-refractivity contribution is 0.0685. The molecule has 88 valence electrons. The zero-order valence-electron chi connectivity index (χ0n) is 9.21. The third kappa shape index (κ3) is 2.45. The maximum atomic E-state index is 11.2. The van der Waals surface area contributed by atoms with Crippen molar-refractivity contribution >= 4 is 23.1 Å². The van der Waals surface area contributed by atoms with Crippen molar-refractivity contribution in [2.24, 2.45) is 0 Å². The van der Waals surface area contributed by atoms with Crippen molar-refractivity contribution in [3.8, 4) is 0 Å². The molecule has 0 spiro atoms. The van der Waals surface area contributed by atoms with Gasteiger partial charge >= 0.3 is 5.97 Å². The first kappa shape index (κ1) is 11.6. The highest BCUT2D eigenvalue weighted by atomic mass is 32.1. The first-order chi connectivity index (χ1) is 8.08. The number of carbonyl (C=O) groups excluding carboxylic acids is 1. The van der Waals surface area contributed by atoms with Gasteiger partial charge in [-0.05, 0) is 35.4 Å². The van der Waals surface area contributed by atoms with Crippen LogP contribution in [0.15, 0.2) is 29.1 Å². The molecule has 5 heteroatoms. The zero-order chi connectivity index (χ0) is 12.4. The monoisotopic (exact) mass is 249 g/mol. The Balaban J connectivity index is 2.37. The van der Waals surface area contributed by atoms with E-state index in [-0.39, 0.29) is 11.5 Å². The van der Waals surface area contributed by atoms with Crippen LogP contribution in [0.2, 0.25) is 0 Å². The van der Waals surface area contributed by atoms with Crippen LogP contribution >= 0.6 is 11.3 Å². The van der Waals surface area contributed by atoms with E-state index >= 15 is 0 Å². The summed E-state index contributed by atoms with van der Waals surface area (Å²) in [5.41, 5.74) is 1.60. The first-order valence-electron chi connectivity index (χ1n) is 5.03. The average molecular weight is 249 g/mol. The van der Waals surface area contributed by atoms with Gasteiger partial charge < -0.3 is 9.67 Å². The van der Waals surface area contributed by atoms with Crippen molar-refractivity contribution in [1.82, 2.24) is 4.57 Å². The van der Waals surface area contributed by atoms with Crippen LogP contribution in [0, 0.1) is 0 Å². The summed E-state index contributed by atoms with van der Waals surface area (Å²) in [7, 11) is 0. The molecule has 2 aromatic heterocycles.